The third-order valence-corrected chi connectivity index (χ3v) is 2.79. The van der Waals surface area contributed by atoms with Gasteiger partial charge in [-0.05, 0) is 51.0 Å². The zero-order chi connectivity index (χ0) is 16.7. The van der Waals surface area contributed by atoms with Crippen LogP contribution < -0.4 is 20.9 Å². The van der Waals surface area contributed by atoms with Crippen molar-refractivity contribution in [3.8, 4) is 5.75 Å². The monoisotopic (exact) mass is 307 g/mol. The maximum atomic E-state index is 11.5. The Kier molecular flexibility index (Phi) is 6.37. The predicted molar refractivity (Wildman–Crippen MR) is 81.0 cm³/mol. The van der Waals surface area contributed by atoms with E-state index >= 15 is 0 Å². The van der Waals surface area contributed by atoms with Gasteiger partial charge in [-0.2, -0.15) is 0 Å². The minimum absolute atomic E-state index is 0.165. The van der Waals surface area contributed by atoms with E-state index in [9.17, 15) is 14.4 Å². The molecule has 0 saturated heterocycles. The minimum atomic E-state index is -0.937. The van der Waals surface area contributed by atoms with Crippen molar-refractivity contribution in [3.63, 3.8) is 0 Å². The number of rotatable bonds is 4. The molecule has 0 aromatic heterocycles. The van der Waals surface area contributed by atoms with Crippen LogP contribution in [0.1, 0.15) is 25.0 Å². The molecule has 3 N–H and O–H groups in total. The molecule has 0 heterocycles. The summed E-state index contributed by atoms with van der Waals surface area (Å²) >= 11 is 0. The van der Waals surface area contributed by atoms with Crippen molar-refractivity contribution in [1.82, 2.24) is 16.2 Å². The fourth-order valence-corrected chi connectivity index (χ4v) is 1.50. The zero-order valence-corrected chi connectivity index (χ0v) is 13.1. The molecule has 0 fully saturated rings. The number of benzene rings is 1. The molecule has 7 heteroatoms. The average molecular weight is 307 g/mol. The van der Waals surface area contributed by atoms with Crippen molar-refractivity contribution in [3.05, 3.63) is 29.3 Å². The third kappa shape index (κ3) is 5.82. The van der Waals surface area contributed by atoms with Crippen LogP contribution in [-0.2, 0) is 14.4 Å². The SMILES string of the molecule is Cc1ccc(OCC(=O)NNC(=O)C(=O)NC(C)C)cc1C. The van der Waals surface area contributed by atoms with E-state index < -0.39 is 17.7 Å². The fraction of sp³-hybridized carbons (Fsp3) is 0.400. The van der Waals surface area contributed by atoms with Crippen molar-refractivity contribution in [2.24, 2.45) is 0 Å². The summed E-state index contributed by atoms with van der Waals surface area (Å²) in [5.41, 5.74) is 6.30. The number of amides is 3. The molecule has 0 aliphatic rings. The molecular formula is C15H21N3O4. The van der Waals surface area contributed by atoms with Gasteiger partial charge in [0.15, 0.2) is 6.61 Å². The number of ether oxygens (including phenoxy) is 1. The first-order valence-electron chi connectivity index (χ1n) is 6.89. The van der Waals surface area contributed by atoms with Crippen molar-refractivity contribution >= 4 is 17.7 Å². The van der Waals surface area contributed by atoms with E-state index in [2.05, 4.69) is 10.7 Å². The lowest BCUT2D eigenvalue weighted by atomic mass is 10.1. The summed E-state index contributed by atoms with van der Waals surface area (Å²) in [4.78, 5) is 34.2. The van der Waals surface area contributed by atoms with E-state index in [4.69, 9.17) is 4.74 Å². The Labute approximate surface area is 129 Å². The van der Waals surface area contributed by atoms with E-state index in [1.807, 2.05) is 31.4 Å². The third-order valence-electron chi connectivity index (χ3n) is 2.79. The highest BCUT2D eigenvalue weighted by Crippen LogP contribution is 2.16. The molecule has 1 aromatic rings. The van der Waals surface area contributed by atoms with Gasteiger partial charge in [0.1, 0.15) is 5.75 Å². The standard InChI is InChI=1S/C15H21N3O4/c1-9(2)16-14(20)15(21)18-17-13(19)8-22-12-6-5-10(3)11(4)7-12/h5-7,9H,8H2,1-4H3,(H,16,20)(H,17,19)(H,18,21). The van der Waals surface area contributed by atoms with Gasteiger partial charge in [0.05, 0.1) is 0 Å². The molecule has 0 spiro atoms. The van der Waals surface area contributed by atoms with Gasteiger partial charge in [-0.25, -0.2) is 0 Å². The average Bonchev–Trinajstić information content (AvgIpc) is 2.45. The molecule has 3 amide bonds. The molecule has 0 atom stereocenters. The molecule has 0 saturated carbocycles. The van der Waals surface area contributed by atoms with Crippen LogP contribution in [0.5, 0.6) is 5.75 Å². The lowest BCUT2D eigenvalue weighted by molar-refractivity contribution is -0.141. The normalized spacial score (nSPS) is 10.0. The molecule has 0 radical (unpaired) electrons. The Morgan fingerprint density at radius 3 is 2.32 bits per heavy atom. The molecule has 0 aliphatic carbocycles. The molecule has 0 aliphatic heterocycles. The smallest absolute Gasteiger partial charge is 0.327 e. The lowest BCUT2D eigenvalue weighted by Gasteiger charge is -2.11. The summed E-state index contributed by atoms with van der Waals surface area (Å²) in [6.07, 6.45) is 0. The largest absolute Gasteiger partial charge is 0.484 e. The highest BCUT2D eigenvalue weighted by molar-refractivity contribution is 6.35. The fourth-order valence-electron chi connectivity index (χ4n) is 1.50. The Hall–Kier alpha value is -2.57. The quantitative estimate of drug-likeness (QED) is 0.552. The van der Waals surface area contributed by atoms with E-state index in [-0.39, 0.29) is 12.6 Å². The Bertz CT molecular complexity index is 570. The van der Waals surface area contributed by atoms with E-state index in [1.54, 1.807) is 19.9 Å². The van der Waals surface area contributed by atoms with Crippen LogP contribution in [0.4, 0.5) is 0 Å². The Balaban J connectivity index is 2.36. The minimum Gasteiger partial charge on any atom is -0.484 e. The molecule has 1 rings (SSSR count). The topological polar surface area (TPSA) is 96.5 Å². The maximum Gasteiger partial charge on any atom is 0.327 e. The van der Waals surface area contributed by atoms with Crippen LogP contribution in [0, 0.1) is 13.8 Å². The van der Waals surface area contributed by atoms with Gasteiger partial charge in [0.2, 0.25) is 0 Å². The second kappa shape index (κ2) is 8.02. The van der Waals surface area contributed by atoms with Crippen LogP contribution in [0.3, 0.4) is 0 Å². The van der Waals surface area contributed by atoms with E-state index in [0.29, 0.717) is 5.75 Å². The molecular weight excluding hydrogens is 286 g/mol. The summed E-state index contributed by atoms with van der Waals surface area (Å²) < 4.78 is 5.30. The van der Waals surface area contributed by atoms with Gasteiger partial charge in [-0.15, -0.1) is 0 Å². The van der Waals surface area contributed by atoms with Crippen molar-refractivity contribution < 1.29 is 19.1 Å². The Morgan fingerprint density at radius 1 is 1.05 bits per heavy atom. The highest BCUT2D eigenvalue weighted by Gasteiger charge is 2.15. The van der Waals surface area contributed by atoms with Gasteiger partial charge in [-0.1, -0.05) is 6.07 Å². The van der Waals surface area contributed by atoms with Gasteiger partial charge >= 0.3 is 11.8 Å². The van der Waals surface area contributed by atoms with Crippen molar-refractivity contribution in [2.75, 3.05) is 6.61 Å². The summed E-state index contributed by atoms with van der Waals surface area (Å²) in [5.74, 6) is -1.76. The lowest BCUT2D eigenvalue weighted by Crippen LogP contribution is -2.50. The predicted octanol–water partition coefficient (Wildman–Crippen LogP) is 0.354. The zero-order valence-electron chi connectivity index (χ0n) is 13.1. The number of carbonyl (C=O) groups excluding carboxylic acids is 3. The van der Waals surface area contributed by atoms with Crippen molar-refractivity contribution in [2.45, 2.75) is 33.7 Å². The molecule has 1 aromatic carbocycles. The van der Waals surface area contributed by atoms with E-state index in [0.717, 1.165) is 11.1 Å². The number of nitrogens with one attached hydrogen (secondary N) is 3. The Morgan fingerprint density at radius 2 is 1.73 bits per heavy atom. The second-order valence-corrected chi connectivity index (χ2v) is 5.17. The van der Waals surface area contributed by atoms with Crippen molar-refractivity contribution in [1.29, 1.82) is 0 Å². The van der Waals surface area contributed by atoms with Crippen LogP contribution in [0.25, 0.3) is 0 Å². The number of carbonyl (C=O) groups is 3. The number of hydrazine groups is 1. The first-order chi connectivity index (χ1) is 10.3. The molecule has 22 heavy (non-hydrogen) atoms. The first-order valence-corrected chi connectivity index (χ1v) is 6.89. The summed E-state index contributed by atoms with van der Waals surface area (Å²) in [7, 11) is 0. The summed E-state index contributed by atoms with van der Waals surface area (Å²) in [6, 6.07) is 5.30. The number of hydrogen-bond acceptors (Lipinski definition) is 4. The molecule has 0 bridgehead atoms. The molecule has 7 nitrogen and oxygen atoms in total. The second-order valence-electron chi connectivity index (χ2n) is 5.17. The number of hydrogen-bond donors (Lipinski definition) is 3. The highest BCUT2D eigenvalue weighted by atomic mass is 16.5. The van der Waals surface area contributed by atoms with Crippen LogP contribution in [-0.4, -0.2) is 30.4 Å². The van der Waals surface area contributed by atoms with Gasteiger partial charge in [-0.3, -0.25) is 25.2 Å². The maximum absolute atomic E-state index is 11.5. The first kappa shape index (κ1) is 17.5. The summed E-state index contributed by atoms with van der Waals surface area (Å²) in [5, 5.41) is 2.40. The summed E-state index contributed by atoms with van der Waals surface area (Å²) in [6.45, 7) is 7.09. The van der Waals surface area contributed by atoms with Gasteiger partial charge < -0.3 is 10.1 Å². The number of aryl methyl sites for hydroxylation is 2. The van der Waals surface area contributed by atoms with Gasteiger partial charge in [0, 0.05) is 6.04 Å². The van der Waals surface area contributed by atoms with Crippen LogP contribution >= 0.6 is 0 Å². The molecule has 0 unspecified atom stereocenters. The van der Waals surface area contributed by atoms with E-state index in [1.165, 1.54) is 0 Å². The van der Waals surface area contributed by atoms with Gasteiger partial charge in [0.25, 0.3) is 5.91 Å². The van der Waals surface area contributed by atoms with Crippen LogP contribution in [0.2, 0.25) is 0 Å². The van der Waals surface area contributed by atoms with Crippen LogP contribution in [0.15, 0.2) is 18.2 Å². The molecule has 120 valence electrons.